The number of hydrogen-bond donors (Lipinski definition) is 2. The Morgan fingerprint density at radius 1 is 1.24 bits per heavy atom. The number of nitrogens with one attached hydrogen (secondary N) is 2. The molecule has 1 atom stereocenters. The fourth-order valence-electron chi connectivity index (χ4n) is 1.40. The van der Waals surface area contributed by atoms with Crippen LogP contribution in [-0.2, 0) is 9.53 Å². The van der Waals surface area contributed by atoms with Crippen LogP contribution in [0, 0.1) is 0 Å². The number of hydrogen-bond acceptors (Lipinski definition) is 3. The Hall–Kier alpha value is -1.26. The SMILES string of the molecule is CCCCCCC(C)NC(=O)OCC(=O)NC. The first-order valence-corrected chi connectivity index (χ1v) is 6.24. The molecule has 17 heavy (non-hydrogen) atoms. The second-order valence-electron chi connectivity index (χ2n) is 4.14. The van der Waals surface area contributed by atoms with E-state index in [9.17, 15) is 9.59 Å². The number of amides is 2. The molecular formula is C12H24N2O3. The van der Waals surface area contributed by atoms with E-state index in [-0.39, 0.29) is 18.6 Å². The van der Waals surface area contributed by atoms with Gasteiger partial charge in [-0.15, -0.1) is 0 Å². The Balaban J connectivity index is 3.55. The summed E-state index contributed by atoms with van der Waals surface area (Å²) >= 11 is 0. The van der Waals surface area contributed by atoms with Gasteiger partial charge in [0.05, 0.1) is 0 Å². The Morgan fingerprint density at radius 2 is 1.94 bits per heavy atom. The molecule has 0 aromatic heterocycles. The Kier molecular flexibility index (Phi) is 9.19. The van der Waals surface area contributed by atoms with Crippen LogP contribution >= 0.6 is 0 Å². The van der Waals surface area contributed by atoms with Crippen LogP contribution in [0.15, 0.2) is 0 Å². The second kappa shape index (κ2) is 9.93. The number of likely N-dealkylation sites (N-methyl/N-ethyl adjacent to an activating group) is 1. The van der Waals surface area contributed by atoms with Crippen LogP contribution in [0.1, 0.15) is 46.0 Å². The van der Waals surface area contributed by atoms with Gasteiger partial charge in [0.1, 0.15) is 0 Å². The highest BCUT2D eigenvalue weighted by molar-refractivity contribution is 5.79. The van der Waals surface area contributed by atoms with Crippen molar-refractivity contribution in [1.29, 1.82) is 0 Å². The number of unbranched alkanes of at least 4 members (excludes halogenated alkanes) is 3. The van der Waals surface area contributed by atoms with Gasteiger partial charge in [-0.1, -0.05) is 32.6 Å². The monoisotopic (exact) mass is 244 g/mol. The minimum absolute atomic E-state index is 0.0871. The maximum absolute atomic E-state index is 11.2. The van der Waals surface area contributed by atoms with Crippen molar-refractivity contribution in [3.63, 3.8) is 0 Å². The Bertz CT molecular complexity index is 232. The zero-order valence-corrected chi connectivity index (χ0v) is 11.0. The molecule has 0 spiro atoms. The highest BCUT2D eigenvalue weighted by Crippen LogP contribution is 2.05. The van der Waals surface area contributed by atoms with Crippen molar-refractivity contribution in [2.45, 2.75) is 52.0 Å². The summed E-state index contributed by atoms with van der Waals surface area (Å²) in [4.78, 5) is 22.1. The lowest BCUT2D eigenvalue weighted by molar-refractivity contribution is -0.123. The third-order valence-corrected chi connectivity index (χ3v) is 2.47. The van der Waals surface area contributed by atoms with E-state index < -0.39 is 6.09 Å². The molecule has 0 aromatic rings. The maximum atomic E-state index is 11.2. The second-order valence-corrected chi connectivity index (χ2v) is 4.14. The average Bonchev–Trinajstić information content (AvgIpc) is 2.31. The molecule has 0 radical (unpaired) electrons. The molecule has 2 N–H and O–H groups in total. The quantitative estimate of drug-likeness (QED) is 0.640. The van der Waals surface area contributed by atoms with Crippen molar-refractivity contribution in [3.8, 4) is 0 Å². The third kappa shape index (κ3) is 9.66. The summed E-state index contributed by atoms with van der Waals surface area (Å²) in [6, 6.07) is 0.0871. The number of ether oxygens (including phenoxy) is 1. The third-order valence-electron chi connectivity index (χ3n) is 2.47. The molecule has 5 heteroatoms. The van der Waals surface area contributed by atoms with Crippen molar-refractivity contribution >= 4 is 12.0 Å². The van der Waals surface area contributed by atoms with Crippen LogP contribution in [0.25, 0.3) is 0 Å². The highest BCUT2D eigenvalue weighted by Gasteiger charge is 2.09. The number of rotatable bonds is 8. The Labute approximate surface area is 103 Å². The molecule has 2 amide bonds. The molecule has 0 aliphatic rings. The van der Waals surface area contributed by atoms with Gasteiger partial charge in [0, 0.05) is 13.1 Å². The van der Waals surface area contributed by atoms with Crippen LogP contribution in [0.3, 0.4) is 0 Å². The molecular weight excluding hydrogens is 220 g/mol. The van der Waals surface area contributed by atoms with Crippen molar-refractivity contribution in [3.05, 3.63) is 0 Å². The first-order valence-electron chi connectivity index (χ1n) is 6.24. The molecule has 1 unspecified atom stereocenters. The van der Waals surface area contributed by atoms with Crippen molar-refractivity contribution < 1.29 is 14.3 Å². The van der Waals surface area contributed by atoms with Gasteiger partial charge in [0.2, 0.25) is 0 Å². The summed E-state index contributed by atoms with van der Waals surface area (Å²) in [6.07, 6.45) is 5.14. The minimum atomic E-state index is -0.531. The molecule has 0 fully saturated rings. The van der Waals surface area contributed by atoms with Crippen LogP contribution in [0.2, 0.25) is 0 Å². The summed E-state index contributed by atoms with van der Waals surface area (Å²) in [5.74, 6) is -0.309. The fraction of sp³-hybridized carbons (Fsp3) is 0.833. The van der Waals surface area contributed by atoms with E-state index in [1.165, 1.54) is 26.3 Å². The van der Waals surface area contributed by atoms with Gasteiger partial charge in [0.25, 0.3) is 5.91 Å². The smallest absolute Gasteiger partial charge is 0.407 e. The predicted molar refractivity (Wildman–Crippen MR) is 66.8 cm³/mol. The average molecular weight is 244 g/mol. The summed E-state index contributed by atoms with van der Waals surface area (Å²) in [5, 5.41) is 5.07. The highest BCUT2D eigenvalue weighted by atomic mass is 16.6. The molecule has 0 aliphatic heterocycles. The molecule has 0 aliphatic carbocycles. The Morgan fingerprint density at radius 3 is 2.53 bits per heavy atom. The van der Waals surface area contributed by atoms with E-state index in [2.05, 4.69) is 17.6 Å². The van der Waals surface area contributed by atoms with Gasteiger partial charge in [0.15, 0.2) is 6.61 Å². The largest absolute Gasteiger partial charge is 0.439 e. The molecule has 0 bridgehead atoms. The summed E-state index contributed by atoms with van der Waals surface area (Å²) in [7, 11) is 1.50. The maximum Gasteiger partial charge on any atom is 0.407 e. The van der Waals surface area contributed by atoms with E-state index in [1.54, 1.807) is 0 Å². The van der Waals surface area contributed by atoms with E-state index in [0.29, 0.717) is 0 Å². The van der Waals surface area contributed by atoms with Gasteiger partial charge in [-0.3, -0.25) is 4.79 Å². The van der Waals surface area contributed by atoms with E-state index >= 15 is 0 Å². The van der Waals surface area contributed by atoms with Crippen LogP contribution in [-0.4, -0.2) is 31.7 Å². The first kappa shape index (κ1) is 15.7. The zero-order chi connectivity index (χ0) is 13.1. The lowest BCUT2D eigenvalue weighted by Crippen LogP contribution is -2.35. The van der Waals surface area contributed by atoms with Gasteiger partial charge >= 0.3 is 6.09 Å². The number of carbonyl (C=O) groups is 2. The topological polar surface area (TPSA) is 67.4 Å². The van der Waals surface area contributed by atoms with Gasteiger partial charge in [-0.25, -0.2) is 4.79 Å². The number of alkyl carbamates (subject to hydrolysis) is 1. The zero-order valence-electron chi connectivity index (χ0n) is 11.0. The molecule has 0 heterocycles. The molecule has 100 valence electrons. The predicted octanol–water partition coefficient (Wildman–Crippen LogP) is 1.82. The van der Waals surface area contributed by atoms with Gasteiger partial charge in [-0.2, -0.15) is 0 Å². The lowest BCUT2D eigenvalue weighted by atomic mass is 10.1. The van der Waals surface area contributed by atoms with Crippen molar-refractivity contribution in [1.82, 2.24) is 10.6 Å². The van der Waals surface area contributed by atoms with E-state index in [4.69, 9.17) is 4.74 Å². The van der Waals surface area contributed by atoms with E-state index in [0.717, 1.165) is 12.8 Å². The molecule has 0 saturated carbocycles. The first-order chi connectivity index (χ1) is 8.10. The standard InChI is InChI=1S/C12H24N2O3/c1-4-5-6-7-8-10(2)14-12(16)17-9-11(15)13-3/h10H,4-9H2,1-3H3,(H,13,15)(H,14,16). The van der Waals surface area contributed by atoms with Crippen LogP contribution < -0.4 is 10.6 Å². The summed E-state index contributed by atoms with van der Waals surface area (Å²) < 4.78 is 4.73. The minimum Gasteiger partial charge on any atom is -0.439 e. The van der Waals surface area contributed by atoms with E-state index in [1.807, 2.05) is 6.92 Å². The van der Waals surface area contributed by atoms with Crippen LogP contribution in [0.4, 0.5) is 4.79 Å². The number of carbonyl (C=O) groups excluding carboxylic acids is 2. The van der Waals surface area contributed by atoms with Crippen molar-refractivity contribution in [2.24, 2.45) is 0 Å². The normalized spacial score (nSPS) is 11.7. The van der Waals surface area contributed by atoms with Crippen molar-refractivity contribution in [2.75, 3.05) is 13.7 Å². The van der Waals surface area contributed by atoms with Gasteiger partial charge < -0.3 is 15.4 Å². The summed E-state index contributed by atoms with van der Waals surface area (Å²) in [5.41, 5.74) is 0. The molecule has 5 nitrogen and oxygen atoms in total. The molecule has 0 rings (SSSR count). The molecule has 0 saturated heterocycles. The van der Waals surface area contributed by atoms with Crippen LogP contribution in [0.5, 0.6) is 0 Å². The fourth-order valence-corrected chi connectivity index (χ4v) is 1.40. The molecule has 0 aromatic carbocycles. The van der Waals surface area contributed by atoms with Gasteiger partial charge in [-0.05, 0) is 13.3 Å². The lowest BCUT2D eigenvalue weighted by Gasteiger charge is -2.13. The summed E-state index contributed by atoms with van der Waals surface area (Å²) in [6.45, 7) is 3.87.